The van der Waals surface area contributed by atoms with Crippen molar-refractivity contribution in [3.63, 3.8) is 0 Å². The molecule has 0 aliphatic carbocycles. The van der Waals surface area contributed by atoms with E-state index in [-0.39, 0.29) is 6.54 Å². The highest BCUT2D eigenvalue weighted by Crippen LogP contribution is 2.03. The summed E-state index contributed by atoms with van der Waals surface area (Å²) in [7, 11) is -1.68. The third kappa shape index (κ3) is 6.89. The van der Waals surface area contributed by atoms with E-state index in [0.717, 1.165) is 5.01 Å². The Hall–Kier alpha value is -1.11. The Morgan fingerprint density at radius 2 is 2.07 bits per heavy atom. The number of hydrogen-bond donors (Lipinski definition) is 0. The standard InChI is InChI=1S/C8H19N3O3Si/c1-6-10(11(12)13)7-8(2)9-14-15(3,4)5/h6-7H2,1-5H3/b9-8+. The molecule has 0 aliphatic heterocycles. The Bertz CT molecular complexity index is 250. The first-order valence-corrected chi connectivity index (χ1v) is 8.28. The molecule has 0 spiro atoms. The Kier molecular flexibility index (Phi) is 5.27. The topological polar surface area (TPSA) is 68.0 Å². The van der Waals surface area contributed by atoms with Crippen molar-refractivity contribution in [2.24, 2.45) is 5.16 Å². The normalized spacial score (nSPS) is 12.5. The molecule has 0 radical (unpaired) electrons. The zero-order valence-electron chi connectivity index (χ0n) is 9.98. The molecule has 0 aromatic heterocycles. The summed E-state index contributed by atoms with van der Waals surface area (Å²) >= 11 is 0. The predicted octanol–water partition coefficient (Wildman–Crippen LogP) is 1.73. The third-order valence-electron chi connectivity index (χ3n) is 1.48. The predicted molar refractivity (Wildman–Crippen MR) is 61.8 cm³/mol. The van der Waals surface area contributed by atoms with Gasteiger partial charge in [-0.25, -0.2) is 10.1 Å². The molecule has 0 saturated carbocycles. The second kappa shape index (κ2) is 5.69. The van der Waals surface area contributed by atoms with Crippen molar-refractivity contribution in [1.82, 2.24) is 5.01 Å². The minimum absolute atomic E-state index is 0.202. The lowest BCUT2D eigenvalue weighted by Crippen LogP contribution is -2.34. The molecule has 0 aliphatic rings. The van der Waals surface area contributed by atoms with E-state index in [4.69, 9.17) is 4.53 Å². The molecule has 0 aromatic rings. The molecule has 0 fully saturated rings. The van der Waals surface area contributed by atoms with Crippen molar-refractivity contribution >= 4 is 14.0 Å². The van der Waals surface area contributed by atoms with Gasteiger partial charge in [-0.1, -0.05) is 0 Å². The summed E-state index contributed by atoms with van der Waals surface area (Å²) in [5.41, 5.74) is 0.621. The Morgan fingerprint density at radius 3 is 2.40 bits per heavy atom. The lowest BCUT2D eigenvalue weighted by Gasteiger charge is -2.15. The van der Waals surface area contributed by atoms with Crippen LogP contribution in [0.3, 0.4) is 0 Å². The lowest BCUT2D eigenvalue weighted by atomic mass is 10.4. The van der Waals surface area contributed by atoms with Crippen molar-refractivity contribution in [3.05, 3.63) is 10.1 Å². The van der Waals surface area contributed by atoms with Crippen molar-refractivity contribution < 1.29 is 9.56 Å². The first kappa shape index (κ1) is 13.9. The van der Waals surface area contributed by atoms with Crippen LogP contribution in [0, 0.1) is 10.1 Å². The molecule has 6 nitrogen and oxygen atoms in total. The van der Waals surface area contributed by atoms with Crippen LogP contribution >= 0.6 is 0 Å². The van der Waals surface area contributed by atoms with Gasteiger partial charge in [-0.05, 0) is 33.5 Å². The van der Waals surface area contributed by atoms with Gasteiger partial charge in [-0.2, -0.15) is 0 Å². The Labute approximate surface area is 91.1 Å². The van der Waals surface area contributed by atoms with Gasteiger partial charge in [0, 0.05) is 0 Å². The molecule has 7 heteroatoms. The number of oxime groups is 1. The van der Waals surface area contributed by atoms with E-state index in [1.165, 1.54) is 0 Å². The molecule has 88 valence electrons. The van der Waals surface area contributed by atoms with Crippen LogP contribution in [0.2, 0.25) is 19.6 Å². The SMILES string of the molecule is CCN(C/C(C)=N/O[Si](C)(C)C)[N+](=O)[O-]. The van der Waals surface area contributed by atoms with E-state index in [1.807, 2.05) is 19.6 Å². The van der Waals surface area contributed by atoms with Crippen molar-refractivity contribution in [2.45, 2.75) is 33.5 Å². The molecule has 0 atom stereocenters. The highest BCUT2D eigenvalue weighted by atomic mass is 28.4. The fourth-order valence-corrected chi connectivity index (χ4v) is 1.22. The van der Waals surface area contributed by atoms with Crippen molar-refractivity contribution in [3.8, 4) is 0 Å². The molecule has 0 aromatic carbocycles. The maximum atomic E-state index is 10.5. The zero-order chi connectivity index (χ0) is 12.1. The zero-order valence-corrected chi connectivity index (χ0v) is 11.0. The van der Waals surface area contributed by atoms with E-state index in [0.29, 0.717) is 12.3 Å². The van der Waals surface area contributed by atoms with Gasteiger partial charge in [0.1, 0.15) is 6.54 Å². The van der Waals surface area contributed by atoms with E-state index in [2.05, 4.69) is 5.16 Å². The first-order chi connectivity index (χ1) is 6.76. The van der Waals surface area contributed by atoms with E-state index < -0.39 is 13.3 Å². The summed E-state index contributed by atoms with van der Waals surface area (Å²) in [5.74, 6) is 0. The van der Waals surface area contributed by atoms with Crippen molar-refractivity contribution in [1.29, 1.82) is 0 Å². The van der Waals surface area contributed by atoms with E-state index in [9.17, 15) is 10.1 Å². The number of hydrogen-bond acceptors (Lipinski definition) is 4. The van der Waals surface area contributed by atoms with Gasteiger partial charge < -0.3 is 4.53 Å². The van der Waals surface area contributed by atoms with Crippen LogP contribution in [0.25, 0.3) is 0 Å². The largest absolute Gasteiger partial charge is 0.456 e. The van der Waals surface area contributed by atoms with E-state index in [1.54, 1.807) is 13.8 Å². The monoisotopic (exact) mass is 233 g/mol. The number of nitro groups is 1. The summed E-state index contributed by atoms with van der Waals surface area (Å²) in [4.78, 5) is 10.5. The van der Waals surface area contributed by atoms with Gasteiger partial charge in [0.15, 0.2) is 5.03 Å². The van der Waals surface area contributed by atoms with Gasteiger partial charge in [-0.3, -0.25) is 0 Å². The molecule has 0 amide bonds. The van der Waals surface area contributed by atoms with Crippen LogP contribution in [-0.4, -0.2) is 37.2 Å². The summed E-state index contributed by atoms with van der Waals surface area (Å²) in [6.07, 6.45) is 0. The molecular formula is C8H19N3O3Si. The fourth-order valence-electron chi connectivity index (χ4n) is 0.793. The Balaban J connectivity index is 4.22. The average molecular weight is 233 g/mol. The van der Waals surface area contributed by atoms with Crippen LogP contribution in [-0.2, 0) is 4.53 Å². The summed E-state index contributed by atoms with van der Waals surface area (Å²) in [6.45, 7) is 10.0. The van der Waals surface area contributed by atoms with Crippen LogP contribution in [0.4, 0.5) is 0 Å². The smallest absolute Gasteiger partial charge is 0.278 e. The van der Waals surface area contributed by atoms with Gasteiger partial charge in [-0.15, -0.1) is 10.2 Å². The highest BCUT2D eigenvalue weighted by Gasteiger charge is 2.17. The molecule has 0 bridgehead atoms. The molecule has 0 heterocycles. The maximum absolute atomic E-state index is 10.5. The molecule has 0 saturated heterocycles. The number of nitrogens with zero attached hydrogens (tertiary/aromatic N) is 3. The van der Waals surface area contributed by atoms with Crippen molar-refractivity contribution in [2.75, 3.05) is 13.1 Å². The number of hydrazine groups is 1. The molecule has 0 unspecified atom stereocenters. The second-order valence-corrected chi connectivity index (χ2v) is 8.66. The second-order valence-electron chi connectivity index (χ2n) is 4.25. The van der Waals surface area contributed by atoms with Gasteiger partial charge in [0.25, 0.3) is 8.32 Å². The quantitative estimate of drug-likeness (QED) is 0.303. The fraction of sp³-hybridized carbons (Fsp3) is 0.875. The molecule has 15 heavy (non-hydrogen) atoms. The minimum Gasteiger partial charge on any atom is -0.456 e. The maximum Gasteiger partial charge on any atom is 0.278 e. The molecular weight excluding hydrogens is 214 g/mol. The van der Waals surface area contributed by atoms with Gasteiger partial charge >= 0.3 is 0 Å². The number of rotatable bonds is 6. The average Bonchev–Trinajstić information content (AvgIpc) is 2.09. The lowest BCUT2D eigenvalue weighted by molar-refractivity contribution is -0.651. The third-order valence-corrected chi connectivity index (χ3v) is 2.12. The van der Waals surface area contributed by atoms with Crippen LogP contribution in [0.1, 0.15) is 13.8 Å². The summed E-state index contributed by atoms with van der Waals surface area (Å²) in [6, 6.07) is 0. The Morgan fingerprint density at radius 1 is 1.53 bits per heavy atom. The van der Waals surface area contributed by atoms with Crippen LogP contribution in [0.5, 0.6) is 0 Å². The first-order valence-electron chi connectivity index (χ1n) is 4.87. The minimum atomic E-state index is -1.68. The highest BCUT2D eigenvalue weighted by molar-refractivity contribution is 6.69. The molecule has 0 N–H and O–H groups in total. The van der Waals surface area contributed by atoms with Gasteiger partial charge in [0.05, 0.1) is 12.3 Å². The van der Waals surface area contributed by atoms with Gasteiger partial charge in [0.2, 0.25) is 0 Å². The van der Waals surface area contributed by atoms with E-state index >= 15 is 0 Å². The summed E-state index contributed by atoms with van der Waals surface area (Å²) < 4.78 is 5.29. The van der Waals surface area contributed by atoms with Crippen LogP contribution < -0.4 is 0 Å². The van der Waals surface area contributed by atoms with Crippen LogP contribution in [0.15, 0.2) is 5.16 Å². The molecule has 0 rings (SSSR count). The summed E-state index contributed by atoms with van der Waals surface area (Å²) in [5, 5.41) is 15.1.